The van der Waals surface area contributed by atoms with Crippen LogP contribution in [0, 0.1) is 0 Å². The van der Waals surface area contributed by atoms with Gasteiger partial charge in [0.1, 0.15) is 6.10 Å². The monoisotopic (exact) mass is 273 g/mol. The van der Waals surface area contributed by atoms with E-state index in [1.54, 1.807) is 0 Å². The molecule has 2 heterocycles. The van der Waals surface area contributed by atoms with Crippen LogP contribution in [-0.2, 0) is 4.74 Å². The number of rotatable bonds is 2. The van der Waals surface area contributed by atoms with Gasteiger partial charge in [0.2, 0.25) is 17.6 Å². The van der Waals surface area contributed by atoms with E-state index in [0.29, 0.717) is 37.7 Å². The van der Waals surface area contributed by atoms with E-state index in [0.717, 1.165) is 6.54 Å². The van der Waals surface area contributed by atoms with E-state index in [4.69, 9.17) is 9.26 Å². The van der Waals surface area contributed by atoms with Gasteiger partial charge in [0.05, 0.1) is 6.61 Å². The summed E-state index contributed by atoms with van der Waals surface area (Å²) in [6, 6.07) is 0. The van der Waals surface area contributed by atoms with Crippen molar-refractivity contribution < 1.29 is 18.0 Å². The molecule has 0 radical (unpaired) electrons. The second kappa shape index (κ2) is 5.13. The van der Waals surface area contributed by atoms with Gasteiger partial charge in [0, 0.05) is 31.8 Å². The fourth-order valence-electron chi connectivity index (χ4n) is 2.56. The number of hydrogen-bond donors (Lipinski definition) is 1. The van der Waals surface area contributed by atoms with Crippen molar-refractivity contribution in [1.29, 1.82) is 0 Å². The number of aromatic nitrogens is 2. The van der Waals surface area contributed by atoms with Crippen LogP contribution >= 0.6 is 0 Å². The van der Waals surface area contributed by atoms with Crippen LogP contribution in [0.3, 0.4) is 0 Å². The second-order valence-corrected chi connectivity index (χ2v) is 5.18. The number of morpholine rings is 1. The summed E-state index contributed by atoms with van der Waals surface area (Å²) >= 11 is 0. The van der Waals surface area contributed by atoms with Gasteiger partial charge in [0.15, 0.2) is 0 Å². The Morgan fingerprint density at radius 2 is 2.05 bits per heavy atom. The number of ether oxygens (including phenoxy) is 1. The van der Waals surface area contributed by atoms with Gasteiger partial charge in [-0.15, -0.1) is 0 Å². The summed E-state index contributed by atoms with van der Waals surface area (Å²) in [5, 5.41) is 7.10. The molecule has 1 saturated carbocycles. The zero-order chi connectivity index (χ0) is 13.3. The quantitative estimate of drug-likeness (QED) is 0.893. The largest absolute Gasteiger partial charge is 0.367 e. The van der Waals surface area contributed by atoms with Crippen LogP contribution in [0.25, 0.3) is 0 Å². The Morgan fingerprint density at radius 3 is 2.74 bits per heavy atom. The van der Waals surface area contributed by atoms with E-state index in [-0.39, 0.29) is 24.9 Å². The van der Waals surface area contributed by atoms with Gasteiger partial charge in [-0.05, 0) is 12.8 Å². The van der Waals surface area contributed by atoms with Crippen molar-refractivity contribution in [2.45, 2.75) is 43.6 Å². The highest BCUT2D eigenvalue weighted by Gasteiger charge is 2.37. The molecule has 1 aliphatic carbocycles. The lowest BCUT2D eigenvalue weighted by molar-refractivity contribution is -0.0402. The Kier molecular flexibility index (Phi) is 3.49. The summed E-state index contributed by atoms with van der Waals surface area (Å²) in [7, 11) is 0. The average Bonchev–Trinajstić information content (AvgIpc) is 2.89. The maximum absolute atomic E-state index is 13.1. The van der Waals surface area contributed by atoms with E-state index in [2.05, 4.69) is 15.5 Å². The maximum Gasteiger partial charge on any atom is 0.248 e. The molecule has 7 heteroatoms. The van der Waals surface area contributed by atoms with Gasteiger partial charge in [-0.1, -0.05) is 5.16 Å². The zero-order valence-electron chi connectivity index (χ0n) is 10.6. The smallest absolute Gasteiger partial charge is 0.248 e. The van der Waals surface area contributed by atoms with Crippen LogP contribution in [0.15, 0.2) is 4.52 Å². The SMILES string of the molecule is FC1(F)CCC(c2nc(C3CNCCO3)no2)CC1. The summed E-state index contributed by atoms with van der Waals surface area (Å²) in [5.41, 5.74) is 0. The first-order chi connectivity index (χ1) is 9.14. The number of nitrogens with one attached hydrogen (secondary N) is 1. The number of hydrogen-bond acceptors (Lipinski definition) is 5. The first-order valence-corrected chi connectivity index (χ1v) is 6.68. The Bertz CT molecular complexity index is 422. The van der Waals surface area contributed by atoms with Gasteiger partial charge in [-0.2, -0.15) is 4.98 Å². The molecule has 1 aromatic heterocycles. The molecule has 5 nitrogen and oxygen atoms in total. The molecular weight excluding hydrogens is 256 g/mol. The lowest BCUT2D eigenvalue weighted by Gasteiger charge is -2.25. The van der Waals surface area contributed by atoms with Crippen molar-refractivity contribution in [2.75, 3.05) is 19.7 Å². The summed E-state index contributed by atoms with van der Waals surface area (Å²) < 4.78 is 36.9. The highest BCUT2D eigenvalue weighted by atomic mass is 19.3. The predicted molar refractivity (Wildman–Crippen MR) is 62.0 cm³/mol. The van der Waals surface area contributed by atoms with E-state index in [9.17, 15) is 8.78 Å². The fourth-order valence-corrected chi connectivity index (χ4v) is 2.56. The average molecular weight is 273 g/mol. The van der Waals surface area contributed by atoms with Crippen molar-refractivity contribution >= 4 is 0 Å². The minimum atomic E-state index is -2.53. The number of halogens is 2. The third kappa shape index (κ3) is 2.92. The Morgan fingerprint density at radius 1 is 1.26 bits per heavy atom. The highest BCUT2D eigenvalue weighted by Crippen LogP contribution is 2.40. The zero-order valence-corrected chi connectivity index (χ0v) is 10.6. The van der Waals surface area contributed by atoms with Gasteiger partial charge in [-0.25, -0.2) is 8.78 Å². The molecule has 1 atom stereocenters. The van der Waals surface area contributed by atoms with E-state index in [1.807, 2.05) is 0 Å². The minimum absolute atomic E-state index is 0.0441. The molecule has 1 unspecified atom stereocenters. The third-order valence-corrected chi connectivity index (χ3v) is 3.74. The molecule has 1 aliphatic heterocycles. The minimum Gasteiger partial charge on any atom is -0.367 e. The van der Waals surface area contributed by atoms with Gasteiger partial charge < -0.3 is 14.6 Å². The summed E-state index contributed by atoms with van der Waals surface area (Å²) in [4.78, 5) is 4.32. The van der Waals surface area contributed by atoms with Crippen LogP contribution in [0.4, 0.5) is 8.78 Å². The summed E-state index contributed by atoms with van der Waals surface area (Å²) in [6.07, 6.45) is 0.404. The van der Waals surface area contributed by atoms with Crippen LogP contribution in [0.1, 0.15) is 49.4 Å². The van der Waals surface area contributed by atoms with Crippen molar-refractivity contribution in [3.63, 3.8) is 0 Å². The van der Waals surface area contributed by atoms with Crippen LogP contribution in [0.2, 0.25) is 0 Å². The second-order valence-electron chi connectivity index (χ2n) is 5.18. The molecule has 3 rings (SSSR count). The van der Waals surface area contributed by atoms with Crippen molar-refractivity contribution in [2.24, 2.45) is 0 Å². The van der Waals surface area contributed by atoms with Gasteiger partial charge >= 0.3 is 0 Å². The van der Waals surface area contributed by atoms with Gasteiger partial charge in [0.25, 0.3) is 0 Å². The fraction of sp³-hybridized carbons (Fsp3) is 0.833. The Labute approximate surface area is 109 Å². The Hall–Kier alpha value is -1.08. The van der Waals surface area contributed by atoms with E-state index in [1.165, 1.54) is 0 Å². The van der Waals surface area contributed by atoms with Crippen LogP contribution in [0.5, 0.6) is 0 Å². The Balaban J connectivity index is 1.64. The molecule has 2 aliphatic rings. The topological polar surface area (TPSA) is 60.2 Å². The molecule has 19 heavy (non-hydrogen) atoms. The molecule has 0 bridgehead atoms. The molecule has 0 aromatic carbocycles. The van der Waals surface area contributed by atoms with Crippen molar-refractivity contribution in [3.8, 4) is 0 Å². The molecule has 2 fully saturated rings. The molecule has 1 N–H and O–H groups in total. The number of alkyl halides is 2. The molecule has 1 saturated heterocycles. The van der Waals surface area contributed by atoms with Crippen LogP contribution in [-0.4, -0.2) is 35.8 Å². The van der Waals surface area contributed by atoms with E-state index >= 15 is 0 Å². The molecule has 1 aromatic rings. The predicted octanol–water partition coefficient (Wildman–Crippen LogP) is 2.02. The molecule has 0 spiro atoms. The maximum atomic E-state index is 13.1. The normalized spacial score (nSPS) is 28.4. The standard InChI is InChI=1S/C12H17F2N3O2/c13-12(14)3-1-8(2-4-12)11-16-10(17-19-11)9-7-15-5-6-18-9/h8-9,15H,1-7H2. The molecular formula is C12H17F2N3O2. The highest BCUT2D eigenvalue weighted by molar-refractivity contribution is 5.00. The number of nitrogens with zero attached hydrogens (tertiary/aromatic N) is 2. The lowest BCUT2D eigenvalue weighted by atomic mass is 9.87. The first-order valence-electron chi connectivity index (χ1n) is 6.68. The summed E-state index contributed by atoms with van der Waals surface area (Å²) in [6.45, 7) is 2.09. The molecule has 106 valence electrons. The van der Waals surface area contributed by atoms with Crippen LogP contribution < -0.4 is 5.32 Å². The molecule has 0 amide bonds. The van der Waals surface area contributed by atoms with Crippen molar-refractivity contribution in [3.05, 3.63) is 11.7 Å². The lowest BCUT2D eigenvalue weighted by Crippen LogP contribution is -2.33. The van der Waals surface area contributed by atoms with Crippen molar-refractivity contribution in [1.82, 2.24) is 15.5 Å². The summed E-state index contributed by atoms with van der Waals surface area (Å²) in [5.74, 6) is -1.59. The first kappa shape index (κ1) is 12.9. The third-order valence-electron chi connectivity index (χ3n) is 3.74. The van der Waals surface area contributed by atoms with Gasteiger partial charge in [-0.3, -0.25) is 0 Å². The van der Waals surface area contributed by atoms with E-state index < -0.39 is 5.92 Å².